The summed E-state index contributed by atoms with van der Waals surface area (Å²) in [6, 6.07) is 14.3. The van der Waals surface area contributed by atoms with Gasteiger partial charge < -0.3 is 4.90 Å². The molecule has 3 aromatic rings. The average molecular weight is 397 g/mol. The smallest absolute Gasteiger partial charge is 0.250 e. The molecule has 0 fully saturated rings. The Morgan fingerprint density at radius 2 is 1.93 bits per heavy atom. The molecule has 28 heavy (non-hydrogen) atoms. The van der Waals surface area contributed by atoms with Crippen molar-refractivity contribution in [2.45, 2.75) is 24.3 Å². The molecule has 144 valence electrons. The van der Waals surface area contributed by atoms with Crippen molar-refractivity contribution >= 4 is 21.4 Å². The zero-order valence-electron chi connectivity index (χ0n) is 15.3. The summed E-state index contributed by atoms with van der Waals surface area (Å²) in [7, 11) is -3.28. The Hall–Kier alpha value is -3.07. The summed E-state index contributed by atoms with van der Waals surface area (Å²) in [6.45, 7) is 0.539. The average Bonchev–Trinajstić information content (AvgIpc) is 3.15. The van der Waals surface area contributed by atoms with Gasteiger partial charge in [-0.3, -0.25) is 4.79 Å². The minimum Gasteiger partial charge on any atom is -0.310 e. The summed E-state index contributed by atoms with van der Waals surface area (Å²) in [5.41, 5.74) is 2.43. The second-order valence-electron chi connectivity index (χ2n) is 6.72. The molecule has 4 rings (SSSR count). The molecule has 0 radical (unpaired) electrons. The lowest BCUT2D eigenvalue weighted by atomic mass is 10.0. The Balaban J connectivity index is 1.55. The van der Waals surface area contributed by atoms with E-state index in [-0.39, 0.29) is 17.3 Å². The van der Waals surface area contributed by atoms with E-state index < -0.39 is 9.84 Å². The first-order valence-corrected chi connectivity index (χ1v) is 10.8. The molecule has 0 N–H and O–H groups in total. The molecule has 0 atom stereocenters. The van der Waals surface area contributed by atoms with Crippen LogP contribution >= 0.6 is 0 Å². The third-order valence-electron chi connectivity index (χ3n) is 4.66. The lowest BCUT2D eigenvalue weighted by Crippen LogP contribution is -2.38. The number of carbonyl (C=O) groups excluding carboxylic acids is 1. The van der Waals surface area contributed by atoms with Crippen LogP contribution < -0.4 is 4.90 Å². The van der Waals surface area contributed by atoms with E-state index in [0.717, 1.165) is 29.7 Å². The Labute approximate surface area is 162 Å². The summed E-state index contributed by atoms with van der Waals surface area (Å²) in [4.78, 5) is 16.1. The predicted octanol–water partition coefficient (Wildman–Crippen LogP) is 1.72. The van der Waals surface area contributed by atoms with Crippen molar-refractivity contribution in [3.63, 3.8) is 0 Å². The SMILES string of the molecule is CS(=O)(=O)c1ccc2c(c1)CCCN2C(=O)Cn1nnc(-c2ccccc2)n1. The minimum absolute atomic E-state index is 0.0346. The summed E-state index contributed by atoms with van der Waals surface area (Å²) < 4.78 is 23.6. The maximum Gasteiger partial charge on any atom is 0.250 e. The third-order valence-corrected chi connectivity index (χ3v) is 5.77. The lowest BCUT2D eigenvalue weighted by Gasteiger charge is -2.29. The number of hydrogen-bond acceptors (Lipinski definition) is 6. The van der Waals surface area contributed by atoms with Crippen molar-refractivity contribution < 1.29 is 13.2 Å². The van der Waals surface area contributed by atoms with Crippen LogP contribution in [0.3, 0.4) is 0 Å². The van der Waals surface area contributed by atoms with Crippen molar-refractivity contribution in [3.05, 3.63) is 54.1 Å². The first-order valence-electron chi connectivity index (χ1n) is 8.88. The number of aryl methyl sites for hydroxylation is 1. The largest absolute Gasteiger partial charge is 0.310 e. The van der Waals surface area contributed by atoms with E-state index in [1.807, 2.05) is 30.3 Å². The predicted molar refractivity (Wildman–Crippen MR) is 103 cm³/mol. The molecule has 0 saturated carbocycles. The fraction of sp³-hybridized carbons (Fsp3) is 0.263. The molecule has 1 amide bonds. The van der Waals surface area contributed by atoms with Crippen LogP contribution in [0.15, 0.2) is 53.4 Å². The van der Waals surface area contributed by atoms with Crippen LogP contribution in [0.1, 0.15) is 12.0 Å². The number of amides is 1. The highest BCUT2D eigenvalue weighted by Crippen LogP contribution is 2.29. The summed E-state index contributed by atoms with van der Waals surface area (Å²) >= 11 is 0. The maximum absolute atomic E-state index is 12.8. The molecule has 2 heterocycles. The highest BCUT2D eigenvalue weighted by Gasteiger charge is 2.24. The molecule has 9 heteroatoms. The number of anilines is 1. The van der Waals surface area contributed by atoms with Gasteiger partial charge in [0.1, 0.15) is 6.54 Å². The van der Waals surface area contributed by atoms with E-state index in [1.54, 1.807) is 23.1 Å². The molecule has 1 aliphatic rings. The number of aromatic nitrogens is 4. The van der Waals surface area contributed by atoms with Gasteiger partial charge in [0, 0.05) is 24.1 Å². The topological polar surface area (TPSA) is 98.1 Å². The molecule has 0 unspecified atom stereocenters. The molecule has 2 aromatic carbocycles. The summed E-state index contributed by atoms with van der Waals surface area (Å²) in [6.07, 6.45) is 2.69. The molecule has 8 nitrogen and oxygen atoms in total. The van der Waals surface area contributed by atoms with Gasteiger partial charge >= 0.3 is 0 Å². The van der Waals surface area contributed by atoms with Gasteiger partial charge in [-0.15, -0.1) is 10.2 Å². The monoisotopic (exact) mass is 397 g/mol. The quantitative estimate of drug-likeness (QED) is 0.665. The second kappa shape index (κ2) is 7.16. The van der Waals surface area contributed by atoms with E-state index in [2.05, 4.69) is 15.4 Å². The second-order valence-corrected chi connectivity index (χ2v) is 8.74. The van der Waals surface area contributed by atoms with Gasteiger partial charge in [-0.2, -0.15) is 4.80 Å². The van der Waals surface area contributed by atoms with E-state index in [9.17, 15) is 13.2 Å². The van der Waals surface area contributed by atoms with Crippen molar-refractivity contribution in [2.24, 2.45) is 0 Å². The highest BCUT2D eigenvalue weighted by atomic mass is 32.2. The van der Waals surface area contributed by atoms with Gasteiger partial charge in [0.2, 0.25) is 5.82 Å². The van der Waals surface area contributed by atoms with Crippen LogP contribution in [0, 0.1) is 0 Å². The van der Waals surface area contributed by atoms with Crippen LogP contribution in [0.5, 0.6) is 0 Å². The number of fused-ring (bicyclic) bond motifs is 1. The van der Waals surface area contributed by atoms with Crippen LogP contribution in [-0.2, 0) is 27.6 Å². The lowest BCUT2D eigenvalue weighted by molar-refractivity contribution is -0.119. The molecular weight excluding hydrogens is 378 g/mol. The maximum atomic E-state index is 12.8. The molecule has 1 aliphatic heterocycles. The number of nitrogens with zero attached hydrogens (tertiary/aromatic N) is 5. The molecule has 0 aliphatic carbocycles. The molecule has 0 bridgehead atoms. The van der Waals surface area contributed by atoms with E-state index in [1.165, 1.54) is 11.1 Å². The van der Waals surface area contributed by atoms with Gasteiger partial charge in [-0.1, -0.05) is 30.3 Å². The molecule has 0 saturated heterocycles. The van der Waals surface area contributed by atoms with Crippen LogP contribution in [0.4, 0.5) is 5.69 Å². The van der Waals surface area contributed by atoms with Crippen LogP contribution in [0.2, 0.25) is 0 Å². The van der Waals surface area contributed by atoms with Gasteiger partial charge in [0.15, 0.2) is 9.84 Å². The van der Waals surface area contributed by atoms with E-state index >= 15 is 0 Å². The Morgan fingerprint density at radius 3 is 2.68 bits per heavy atom. The van der Waals surface area contributed by atoms with Crippen LogP contribution in [0.25, 0.3) is 11.4 Å². The number of benzene rings is 2. The van der Waals surface area contributed by atoms with Gasteiger partial charge in [-0.25, -0.2) is 8.42 Å². The van der Waals surface area contributed by atoms with Crippen molar-refractivity contribution in [1.82, 2.24) is 20.2 Å². The number of hydrogen-bond donors (Lipinski definition) is 0. The molecule has 1 aromatic heterocycles. The first kappa shape index (κ1) is 18.3. The van der Waals surface area contributed by atoms with Gasteiger partial charge in [-0.05, 0) is 41.8 Å². The van der Waals surface area contributed by atoms with Crippen molar-refractivity contribution in [2.75, 3.05) is 17.7 Å². The first-order chi connectivity index (χ1) is 13.4. The Kier molecular flexibility index (Phi) is 4.68. The third kappa shape index (κ3) is 3.65. The molecule has 0 spiro atoms. The minimum atomic E-state index is -3.28. The molecular formula is C19H19N5O3S. The number of tetrazole rings is 1. The van der Waals surface area contributed by atoms with Crippen LogP contribution in [-0.4, -0.2) is 47.3 Å². The Bertz CT molecular complexity index is 1130. The fourth-order valence-corrected chi connectivity index (χ4v) is 3.95. The van der Waals surface area contributed by atoms with Gasteiger partial charge in [0.05, 0.1) is 4.90 Å². The fourth-order valence-electron chi connectivity index (χ4n) is 3.28. The normalized spacial score (nSPS) is 14.0. The zero-order chi connectivity index (χ0) is 19.7. The number of carbonyl (C=O) groups is 1. The number of rotatable bonds is 4. The summed E-state index contributed by atoms with van der Waals surface area (Å²) in [5, 5.41) is 12.3. The highest BCUT2D eigenvalue weighted by molar-refractivity contribution is 7.90. The van der Waals surface area contributed by atoms with E-state index in [4.69, 9.17) is 0 Å². The standard InChI is InChI=1S/C19H19N5O3S/c1-28(26,27)16-9-10-17-15(12-16)8-5-11-23(17)18(25)13-24-21-19(20-22-24)14-6-3-2-4-7-14/h2-4,6-7,9-10,12H,5,8,11,13H2,1H3. The van der Waals surface area contributed by atoms with Crippen molar-refractivity contribution in [3.8, 4) is 11.4 Å². The van der Waals surface area contributed by atoms with E-state index in [0.29, 0.717) is 12.4 Å². The van der Waals surface area contributed by atoms with Gasteiger partial charge in [0.25, 0.3) is 5.91 Å². The number of sulfone groups is 1. The summed E-state index contributed by atoms with van der Waals surface area (Å²) in [5.74, 6) is 0.301. The zero-order valence-corrected chi connectivity index (χ0v) is 16.1. The Morgan fingerprint density at radius 1 is 1.14 bits per heavy atom. The van der Waals surface area contributed by atoms with Crippen molar-refractivity contribution in [1.29, 1.82) is 0 Å².